The molecule has 0 bridgehead atoms. The number of ether oxygens (including phenoxy) is 1. The number of nitrogens with zero attached hydrogens (tertiary/aromatic N) is 1. The van der Waals surface area contributed by atoms with E-state index in [1.54, 1.807) is 0 Å². The average molecular weight is 237 g/mol. The Morgan fingerprint density at radius 3 is 3.06 bits per heavy atom. The molecule has 0 fully saturated rings. The first kappa shape index (κ1) is 11.2. The summed E-state index contributed by atoms with van der Waals surface area (Å²) in [6, 6.07) is 7.51. The zero-order valence-corrected chi connectivity index (χ0v) is 9.62. The summed E-state index contributed by atoms with van der Waals surface area (Å²) < 4.78 is 10.2. The topological polar surface area (TPSA) is 52.3 Å². The van der Waals surface area contributed by atoms with Crippen LogP contribution in [0.5, 0.6) is 0 Å². The van der Waals surface area contributed by atoms with E-state index in [4.69, 9.17) is 9.15 Å². The molecule has 0 amide bonds. The highest BCUT2D eigenvalue weighted by Gasteiger charge is 2.08. The number of hydrogen-bond acceptors (Lipinski definition) is 5. The summed E-state index contributed by atoms with van der Waals surface area (Å²) in [5.74, 6) is 0.343. The molecule has 0 aliphatic carbocycles. The van der Waals surface area contributed by atoms with Gasteiger partial charge < -0.3 is 9.15 Å². The van der Waals surface area contributed by atoms with Gasteiger partial charge in [-0.2, -0.15) is 0 Å². The molecule has 0 unspecified atom stereocenters. The number of fused-ring (bicyclic) bond motifs is 1. The first-order chi connectivity index (χ1) is 7.79. The lowest BCUT2D eigenvalue weighted by atomic mass is 10.3. The van der Waals surface area contributed by atoms with Crippen LogP contribution in [0.2, 0.25) is 0 Å². The Morgan fingerprint density at radius 2 is 2.31 bits per heavy atom. The number of benzene rings is 1. The van der Waals surface area contributed by atoms with Gasteiger partial charge >= 0.3 is 0 Å². The predicted molar refractivity (Wildman–Crippen MR) is 61.6 cm³/mol. The molecule has 0 atom stereocenters. The molecule has 0 aliphatic rings. The molecule has 0 radical (unpaired) electrons. The highest BCUT2D eigenvalue weighted by molar-refractivity contribution is 7.99. The highest BCUT2D eigenvalue weighted by Crippen LogP contribution is 2.22. The third kappa shape index (κ3) is 2.62. The number of ketones is 1. The smallest absolute Gasteiger partial charge is 0.257 e. The van der Waals surface area contributed by atoms with Gasteiger partial charge in [-0.25, -0.2) is 4.98 Å². The minimum atomic E-state index is 0.0229. The van der Waals surface area contributed by atoms with E-state index in [2.05, 4.69) is 4.98 Å². The van der Waals surface area contributed by atoms with E-state index in [-0.39, 0.29) is 12.4 Å². The monoisotopic (exact) mass is 237 g/mol. The number of para-hydroxylation sites is 2. The lowest BCUT2D eigenvalue weighted by Crippen LogP contribution is -2.08. The zero-order valence-electron chi connectivity index (χ0n) is 8.80. The number of hydrogen-bond donors (Lipinski definition) is 0. The van der Waals surface area contributed by atoms with Crippen LogP contribution in [-0.4, -0.2) is 30.2 Å². The van der Waals surface area contributed by atoms with Crippen LogP contribution in [0.1, 0.15) is 0 Å². The molecule has 0 saturated heterocycles. The van der Waals surface area contributed by atoms with Crippen molar-refractivity contribution in [2.45, 2.75) is 5.22 Å². The van der Waals surface area contributed by atoms with Crippen LogP contribution in [0.15, 0.2) is 33.9 Å². The summed E-state index contributed by atoms with van der Waals surface area (Å²) in [5.41, 5.74) is 1.55. The Bertz CT molecular complexity index is 462. The normalized spacial score (nSPS) is 10.8. The Labute approximate surface area is 97.0 Å². The van der Waals surface area contributed by atoms with E-state index in [0.29, 0.717) is 11.0 Å². The molecule has 1 aromatic carbocycles. The SMILES string of the molecule is COCC(=O)CSc1nc2ccccc2o1. The summed E-state index contributed by atoms with van der Waals surface area (Å²) in [6.07, 6.45) is 0. The number of carbonyl (C=O) groups excluding carboxylic acids is 1. The first-order valence-electron chi connectivity index (χ1n) is 4.78. The first-order valence-corrected chi connectivity index (χ1v) is 5.77. The van der Waals surface area contributed by atoms with Gasteiger partial charge in [-0.15, -0.1) is 0 Å². The standard InChI is InChI=1S/C11H11NO3S/c1-14-6-8(13)7-16-11-12-9-4-2-3-5-10(9)15-11/h2-5H,6-7H2,1H3. The lowest BCUT2D eigenvalue weighted by Gasteiger charge is -1.95. The highest BCUT2D eigenvalue weighted by atomic mass is 32.2. The van der Waals surface area contributed by atoms with Gasteiger partial charge in [0.15, 0.2) is 11.4 Å². The molecule has 0 saturated carbocycles. The maximum Gasteiger partial charge on any atom is 0.257 e. The van der Waals surface area contributed by atoms with Crippen LogP contribution in [0.25, 0.3) is 11.1 Å². The molecule has 1 aromatic heterocycles. The van der Waals surface area contributed by atoms with Gasteiger partial charge in [0.05, 0.1) is 5.75 Å². The molecule has 4 nitrogen and oxygen atoms in total. The van der Waals surface area contributed by atoms with Crippen LogP contribution in [0, 0.1) is 0 Å². The summed E-state index contributed by atoms with van der Waals surface area (Å²) >= 11 is 1.29. The molecule has 84 valence electrons. The van der Waals surface area contributed by atoms with E-state index >= 15 is 0 Å². The summed E-state index contributed by atoms with van der Waals surface area (Å²) in [5, 5.41) is 0.519. The Hall–Kier alpha value is -1.33. The second kappa shape index (κ2) is 5.14. The van der Waals surface area contributed by atoms with Gasteiger partial charge in [0.2, 0.25) is 0 Å². The molecule has 2 rings (SSSR count). The lowest BCUT2D eigenvalue weighted by molar-refractivity contribution is -0.120. The summed E-state index contributed by atoms with van der Waals surface area (Å²) in [6.45, 7) is 0.132. The molecule has 5 heteroatoms. The fraction of sp³-hybridized carbons (Fsp3) is 0.273. The third-order valence-electron chi connectivity index (χ3n) is 1.94. The second-order valence-corrected chi connectivity index (χ2v) is 4.13. The molecule has 0 aliphatic heterocycles. The number of aromatic nitrogens is 1. The molecule has 1 heterocycles. The van der Waals surface area contributed by atoms with Gasteiger partial charge in [0, 0.05) is 7.11 Å². The number of oxazole rings is 1. The number of methoxy groups -OCH3 is 1. The number of Topliss-reactive ketones (excluding diaryl/α,β-unsaturated/α-hetero) is 1. The molecular weight excluding hydrogens is 226 g/mol. The van der Waals surface area contributed by atoms with Crippen molar-refractivity contribution >= 4 is 28.6 Å². The van der Waals surface area contributed by atoms with Gasteiger partial charge in [-0.3, -0.25) is 4.79 Å². The molecule has 16 heavy (non-hydrogen) atoms. The van der Waals surface area contributed by atoms with E-state index in [1.807, 2.05) is 24.3 Å². The number of carbonyl (C=O) groups is 1. The largest absolute Gasteiger partial charge is 0.431 e. The maximum absolute atomic E-state index is 11.2. The summed E-state index contributed by atoms with van der Waals surface area (Å²) in [4.78, 5) is 15.5. The summed E-state index contributed by atoms with van der Waals surface area (Å²) in [7, 11) is 1.50. The van der Waals surface area contributed by atoms with Gasteiger partial charge in [-0.05, 0) is 12.1 Å². The van der Waals surface area contributed by atoms with Crippen molar-refractivity contribution in [2.24, 2.45) is 0 Å². The van der Waals surface area contributed by atoms with E-state index in [1.165, 1.54) is 18.9 Å². The van der Waals surface area contributed by atoms with E-state index < -0.39 is 0 Å². The van der Waals surface area contributed by atoms with Crippen molar-refractivity contribution in [1.29, 1.82) is 0 Å². The van der Waals surface area contributed by atoms with E-state index in [9.17, 15) is 4.79 Å². The van der Waals surface area contributed by atoms with Crippen LogP contribution in [0.3, 0.4) is 0 Å². The fourth-order valence-corrected chi connectivity index (χ4v) is 1.94. The minimum Gasteiger partial charge on any atom is -0.431 e. The van der Waals surface area contributed by atoms with Crippen molar-refractivity contribution in [3.63, 3.8) is 0 Å². The molecule has 0 spiro atoms. The minimum absolute atomic E-state index is 0.0229. The fourth-order valence-electron chi connectivity index (χ4n) is 1.26. The second-order valence-electron chi connectivity index (χ2n) is 3.21. The van der Waals surface area contributed by atoms with Crippen LogP contribution >= 0.6 is 11.8 Å². The molecule has 2 aromatic rings. The Morgan fingerprint density at radius 1 is 1.50 bits per heavy atom. The average Bonchev–Trinajstić information content (AvgIpc) is 2.69. The Balaban J connectivity index is 2.02. The Kier molecular flexibility index (Phi) is 3.58. The quantitative estimate of drug-likeness (QED) is 0.746. The van der Waals surface area contributed by atoms with Crippen molar-refractivity contribution in [3.8, 4) is 0 Å². The molecular formula is C11H11NO3S. The van der Waals surface area contributed by atoms with Crippen LogP contribution < -0.4 is 0 Å². The van der Waals surface area contributed by atoms with Crippen molar-refractivity contribution in [2.75, 3.05) is 19.5 Å². The van der Waals surface area contributed by atoms with E-state index in [0.717, 1.165) is 11.1 Å². The van der Waals surface area contributed by atoms with Crippen molar-refractivity contribution in [1.82, 2.24) is 4.98 Å². The third-order valence-corrected chi connectivity index (χ3v) is 2.82. The molecule has 0 N–H and O–H groups in total. The van der Waals surface area contributed by atoms with Gasteiger partial charge in [-0.1, -0.05) is 23.9 Å². The van der Waals surface area contributed by atoms with Gasteiger partial charge in [0.1, 0.15) is 12.1 Å². The van der Waals surface area contributed by atoms with Crippen molar-refractivity contribution in [3.05, 3.63) is 24.3 Å². The predicted octanol–water partition coefficient (Wildman–Crippen LogP) is 2.14. The number of rotatable bonds is 5. The van der Waals surface area contributed by atoms with Gasteiger partial charge in [0.25, 0.3) is 5.22 Å². The maximum atomic E-state index is 11.2. The zero-order chi connectivity index (χ0) is 11.4. The van der Waals surface area contributed by atoms with Crippen LogP contribution in [0.4, 0.5) is 0 Å². The number of thioether (sulfide) groups is 1. The van der Waals surface area contributed by atoms with Crippen molar-refractivity contribution < 1.29 is 13.9 Å². The van der Waals surface area contributed by atoms with Crippen LogP contribution in [-0.2, 0) is 9.53 Å².